The van der Waals surface area contributed by atoms with Crippen molar-refractivity contribution in [3.8, 4) is 11.5 Å². The molecule has 0 N–H and O–H groups in total. The second kappa shape index (κ2) is 4.96. The van der Waals surface area contributed by atoms with Crippen molar-refractivity contribution >= 4 is 5.78 Å². The number of ketones is 1. The van der Waals surface area contributed by atoms with Gasteiger partial charge < -0.3 is 9.47 Å². The van der Waals surface area contributed by atoms with E-state index in [0.717, 1.165) is 11.3 Å². The zero-order chi connectivity index (χ0) is 14.1. The molecule has 0 saturated carbocycles. The van der Waals surface area contributed by atoms with Gasteiger partial charge >= 0.3 is 0 Å². The molecular weight excluding hydrogens is 259 g/mol. The van der Waals surface area contributed by atoms with Crippen LogP contribution in [-0.4, -0.2) is 19.0 Å². The van der Waals surface area contributed by atoms with E-state index in [0.29, 0.717) is 12.0 Å². The van der Waals surface area contributed by atoms with E-state index >= 15 is 0 Å². The van der Waals surface area contributed by atoms with Gasteiger partial charge in [-0.3, -0.25) is 4.79 Å². The summed E-state index contributed by atoms with van der Waals surface area (Å²) in [6.45, 7) is 0. The minimum atomic E-state index is -0.583. The van der Waals surface area contributed by atoms with E-state index in [9.17, 15) is 9.18 Å². The number of para-hydroxylation sites is 1. The van der Waals surface area contributed by atoms with Crippen LogP contribution < -0.4 is 9.47 Å². The molecule has 0 aromatic heterocycles. The first-order valence-corrected chi connectivity index (χ1v) is 6.31. The Balaban J connectivity index is 1.83. The number of carbonyl (C=O) groups excluding carboxylic acids is 1. The van der Waals surface area contributed by atoms with Gasteiger partial charge in [0.05, 0.1) is 7.11 Å². The van der Waals surface area contributed by atoms with Crippen LogP contribution in [0.15, 0.2) is 42.5 Å². The van der Waals surface area contributed by atoms with Crippen molar-refractivity contribution in [1.29, 1.82) is 0 Å². The first-order valence-electron chi connectivity index (χ1n) is 6.31. The molecule has 3 nitrogen and oxygen atoms in total. The van der Waals surface area contributed by atoms with Crippen LogP contribution in [0.5, 0.6) is 11.5 Å². The molecule has 0 bridgehead atoms. The van der Waals surface area contributed by atoms with Gasteiger partial charge in [-0.25, -0.2) is 4.39 Å². The first kappa shape index (κ1) is 12.7. The second-order valence-electron chi connectivity index (χ2n) is 4.63. The molecule has 2 aromatic rings. The number of halogens is 1. The number of hydrogen-bond acceptors (Lipinski definition) is 3. The van der Waals surface area contributed by atoms with Crippen LogP contribution in [0.2, 0.25) is 0 Å². The van der Waals surface area contributed by atoms with E-state index in [1.807, 2.05) is 24.3 Å². The third-order valence-electron chi connectivity index (χ3n) is 3.38. The lowest BCUT2D eigenvalue weighted by atomic mass is 10.0. The number of fused-ring (bicyclic) bond motifs is 1. The molecule has 3 rings (SSSR count). The van der Waals surface area contributed by atoms with Gasteiger partial charge in [0, 0.05) is 12.0 Å². The summed E-state index contributed by atoms with van der Waals surface area (Å²) >= 11 is 0. The molecule has 4 heteroatoms. The van der Waals surface area contributed by atoms with E-state index in [1.54, 1.807) is 6.07 Å². The Kier molecular flexibility index (Phi) is 3.14. The van der Waals surface area contributed by atoms with Crippen LogP contribution in [0.1, 0.15) is 15.9 Å². The molecular formula is C16H13FO3. The SMILES string of the molecule is COc1ccc(C(=O)C2Cc3ccccc3O2)cc1F. The van der Waals surface area contributed by atoms with Gasteiger partial charge in [-0.15, -0.1) is 0 Å². The molecule has 0 saturated heterocycles. The number of methoxy groups -OCH3 is 1. The van der Waals surface area contributed by atoms with Gasteiger partial charge in [-0.05, 0) is 29.8 Å². The van der Waals surface area contributed by atoms with E-state index in [-0.39, 0.29) is 11.5 Å². The Morgan fingerprint density at radius 2 is 2.10 bits per heavy atom. The molecule has 102 valence electrons. The largest absolute Gasteiger partial charge is 0.494 e. The van der Waals surface area contributed by atoms with Crippen molar-refractivity contribution in [2.24, 2.45) is 0 Å². The minimum Gasteiger partial charge on any atom is -0.494 e. The Morgan fingerprint density at radius 3 is 2.80 bits per heavy atom. The van der Waals surface area contributed by atoms with Crippen LogP contribution >= 0.6 is 0 Å². The fourth-order valence-corrected chi connectivity index (χ4v) is 2.33. The summed E-state index contributed by atoms with van der Waals surface area (Å²) in [5.41, 5.74) is 1.29. The standard InChI is InChI=1S/C16H13FO3/c1-19-14-7-6-11(8-12(14)17)16(18)15-9-10-4-2-3-5-13(10)20-15/h2-8,15H,9H2,1H3. The maximum absolute atomic E-state index is 13.6. The van der Waals surface area contributed by atoms with Crippen LogP contribution in [0.25, 0.3) is 0 Å². The highest BCUT2D eigenvalue weighted by Crippen LogP contribution is 2.30. The molecule has 0 fully saturated rings. The molecule has 0 spiro atoms. The van der Waals surface area contributed by atoms with Gasteiger partial charge in [-0.1, -0.05) is 18.2 Å². The lowest BCUT2D eigenvalue weighted by Crippen LogP contribution is -2.25. The fourth-order valence-electron chi connectivity index (χ4n) is 2.33. The maximum atomic E-state index is 13.6. The summed E-state index contributed by atoms with van der Waals surface area (Å²) in [7, 11) is 1.39. The molecule has 1 heterocycles. The lowest BCUT2D eigenvalue weighted by Gasteiger charge is -2.10. The molecule has 20 heavy (non-hydrogen) atoms. The number of ether oxygens (including phenoxy) is 2. The third kappa shape index (κ3) is 2.13. The first-order chi connectivity index (χ1) is 9.69. The Morgan fingerprint density at radius 1 is 1.30 bits per heavy atom. The number of rotatable bonds is 3. The normalized spacial score (nSPS) is 16.4. The highest BCUT2D eigenvalue weighted by Gasteiger charge is 2.29. The average Bonchev–Trinajstić information content (AvgIpc) is 2.90. The molecule has 1 aliphatic rings. The van der Waals surface area contributed by atoms with Crippen molar-refractivity contribution in [2.45, 2.75) is 12.5 Å². The summed E-state index contributed by atoms with van der Waals surface area (Å²) in [5.74, 6) is 0.0774. The van der Waals surface area contributed by atoms with Crippen LogP contribution in [0, 0.1) is 5.82 Å². The molecule has 2 aromatic carbocycles. The monoisotopic (exact) mass is 272 g/mol. The minimum absolute atomic E-state index is 0.122. The molecule has 0 aliphatic carbocycles. The number of hydrogen-bond donors (Lipinski definition) is 0. The van der Waals surface area contributed by atoms with Crippen molar-refractivity contribution in [2.75, 3.05) is 7.11 Å². The number of benzene rings is 2. The van der Waals surface area contributed by atoms with Crippen LogP contribution in [-0.2, 0) is 6.42 Å². The highest BCUT2D eigenvalue weighted by atomic mass is 19.1. The van der Waals surface area contributed by atoms with E-state index < -0.39 is 11.9 Å². The summed E-state index contributed by atoms with van der Waals surface area (Å²) in [4.78, 5) is 12.3. The van der Waals surface area contributed by atoms with Crippen molar-refractivity contribution in [1.82, 2.24) is 0 Å². The van der Waals surface area contributed by atoms with Gasteiger partial charge in [0.25, 0.3) is 0 Å². The van der Waals surface area contributed by atoms with E-state index in [2.05, 4.69) is 0 Å². The van der Waals surface area contributed by atoms with Crippen LogP contribution in [0.3, 0.4) is 0 Å². The van der Waals surface area contributed by atoms with Gasteiger partial charge in [0.1, 0.15) is 5.75 Å². The summed E-state index contributed by atoms with van der Waals surface area (Å²) in [6, 6.07) is 11.7. The Labute approximate surface area is 115 Å². The zero-order valence-corrected chi connectivity index (χ0v) is 10.9. The lowest BCUT2D eigenvalue weighted by molar-refractivity contribution is 0.0824. The fraction of sp³-hybridized carbons (Fsp3) is 0.188. The molecule has 0 radical (unpaired) electrons. The summed E-state index contributed by atoms with van der Waals surface area (Å²) in [6.07, 6.45) is -0.0666. The summed E-state index contributed by atoms with van der Waals surface area (Å²) < 4.78 is 24.1. The third-order valence-corrected chi connectivity index (χ3v) is 3.38. The molecule has 1 aliphatic heterocycles. The predicted octanol–water partition coefficient (Wildman–Crippen LogP) is 3.02. The van der Waals surface area contributed by atoms with Crippen molar-refractivity contribution in [3.63, 3.8) is 0 Å². The van der Waals surface area contributed by atoms with Gasteiger partial charge in [0.2, 0.25) is 5.78 Å². The van der Waals surface area contributed by atoms with Crippen LogP contribution in [0.4, 0.5) is 4.39 Å². The zero-order valence-electron chi connectivity index (χ0n) is 10.9. The Bertz CT molecular complexity index is 642. The predicted molar refractivity (Wildman–Crippen MR) is 71.8 cm³/mol. The van der Waals surface area contributed by atoms with Crippen molar-refractivity contribution < 1.29 is 18.7 Å². The number of carbonyl (C=O) groups is 1. The highest BCUT2D eigenvalue weighted by molar-refractivity contribution is 6.00. The Hall–Kier alpha value is -2.36. The van der Waals surface area contributed by atoms with Gasteiger partial charge in [0.15, 0.2) is 17.7 Å². The van der Waals surface area contributed by atoms with Gasteiger partial charge in [-0.2, -0.15) is 0 Å². The molecule has 1 unspecified atom stereocenters. The number of Topliss-reactive ketones (excluding diaryl/α,β-unsaturated/α-hetero) is 1. The topological polar surface area (TPSA) is 35.5 Å². The smallest absolute Gasteiger partial charge is 0.203 e. The van der Waals surface area contributed by atoms with E-state index in [4.69, 9.17) is 9.47 Å². The molecule has 0 amide bonds. The second-order valence-corrected chi connectivity index (χ2v) is 4.63. The quantitative estimate of drug-likeness (QED) is 0.806. The van der Waals surface area contributed by atoms with E-state index in [1.165, 1.54) is 19.2 Å². The maximum Gasteiger partial charge on any atom is 0.203 e. The summed E-state index contributed by atoms with van der Waals surface area (Å²) in [5, 5.41) is 0. The van der Waals surface area contributed by atoms with Crippen molar-refractivity contribution in [3.05, 3.63) is 59.4 Å². The molecule has 1 atom stereocenters. The average molecular weight is 272 g/mol.